The zero-order valence-electron chi connectivity index (χ0n) is 16.4. The lowest BCUT2D eigenvalue weighted by Crippen LogP contribution is -2.28. The molecule has 0 fully saturated rings. The molecule has 1 aliphatic carbocycles. The highest BCUT2D eigenvalue weighted by molar-refractivity contribution is 7.16. The summed E-state index contributed by atoms with van der Waals surface area (Å²) >= 11 is 1.01. The molecule has 0 aliphatic heterocycles. The fourth-order valence-corrected chi connectivity index (χ4v) is 4.73. The van der Waals surface area contributed by atoms with E-state index in [0.29, 0.717) is 10.6 Å². The highest BCUT2D eigenvalue weighted by atomic mass is 32.1. The number of nitrogens with zero attached hydrogens (tertiary/aromatic N) is 1. The second-order valence-electron chi connectivity index (χ2n) is 7.21. The van der Waals surface area contributed by atoms with Gasteiger partial charge in [0.25, 0.3) is 5.91 Å². The third-order valence-electron chi connectivity index (χ3n) is 5.24. The molecule has 0 unspecified atom stereocenters. The summed E-state index contributed by atoms with van der Waals surface area (Å²) in [5, 5.41) is 6.78. The van der Waals surface area contributed by atoms with Crippen molar-refractivity contribution in [3.63, 3.8) is 0 Å². The van der Waals surface area contributed by atoms with Gasteiger partial charge in [-0.15, -0.1) is 11.3 Å². The van der Waals surface area contributed by atoms with Crippen molar-refractivity contribution in [1.29, 1.82) is 0 Å². The maximum Gasteiger partial charge on any atom is 0.262 e. The lowest BCUT2D eigenvalue weighted by Gasteiger charge is -2.19. The van der Waals surface area contributed by atoms with Gasteiger partial charge in [-0.2, -0.15) is 0 Å². The van der Waals surface area contributed by atoms with E-state index in [9.17, 15) is 14.4 Å². The van der Waals surface area contributed by atoms with Crippen LogP contribution in [0.2, 0.25) is 0 Å². The van der Waals surface area contributed by atoms with Crippen molar-refractivity contribution in [2.24, 2.45) is 0 Å². The summed E-state index contributed by atoms with van der Waals surface area (Å²) in [6.45, 7) is 1.62. The largest absolute Gasteiger partial charge is 0.352 e. The van der Waals surface area contributed by atoms with Crippen LogP contribution in [0.5, 0.6) is 0 Å². The molecule has 1 N–H and O–H groups in total. The average molecular weight is 428 g/mol. The highest BCUT2D eigenvalue weighted by Gasteiger charge is 2.38. The van der Waals surface area contributed by atoms with Gasteiger partial charge in [0.1, 0.15) is 0 Å². The molecule has 0 saturated carbocycles. The second-order valence-corrected chi connectivity index (χ2v) is 8.26. The number of aryl methyl sites for hydroxylation is 1. The van der Waals surface area contributed by atoms with Gasteiger partial charge in [-0.05, 0) is 24.1 Å². The topological polar surface area (TPSA) is 89.3 Å². The Labute approximate surface area is 181 Å². The van der Waals surface area contributed by atoms with Gasteiger partial charge in [0.2, 0.25) is 17.3 Å². The Morgan fingerprint density at radius 3 is 2.19 bits per heavy atom. The third-order valence-corrected chi connectivity index (χ3v) is 6.38. The molecular formula is C24H16N2O4S. The van der Waals surface area contributed by atoms with Crippen molar-refractivity contribution >= 4 is 28.8 Å². The molecule has 0 bridgehead atoms. The van der Waals surface area contributed by atoms with Crippen molar-refractivity contribution in [3.05, 3.63) is 110 Å². The first kappa shape index (κ1) is 19.1. The Morgan fingerprint density at radius 1 is 0.968 bits per heavy atom. The number of benzene rings is 2. The Hall–Kier alpha value is -3.84. The summed E-state index contributed by atoms with van der Waals surface area (Å²) in [7, 11) is 0. The number of hydrogen-bond donors (Lipinski definition) is 1. The second kappa shape index (κ2) is 7.45. The SMILES string of the molecule is Cc1noc2c1C(=O)c1sc(C(=O)NC(c3ccccc3)c3ccccc3)cc1C2=O. The molecule has 0 atom stereocenters. The summed E-state index contributed by atoms with van der Waals surface area (Å²) in [6, 6.07) is 20.3. The van der Waals surface area contributed by atoms with E-state index in [1.807, 2.05) is 60.7 Å². The van der Waals surface area contributed by atoms with Crippen molar-refractivity contribution in [1.82, 2.24) is 10.5 Å². The van der Waals surface area contributed by atoms with Gasteiger partial charge >= 0.3 is 0 Å². The van der Waals surface area contributed by atoms with Gasteiger partial charge in [0.15, 0.2) is 0 Å². The van der Waals surface area contributed by atoms with Crippen LogP contribution in [-0.4, -0.2) is 22.6 Å². The maximum atomic E-state index is 13.2. The van der Waals surface area contributed by atoms with Crippen LogP contribution in [0.15, 0.2) is 71.3 Å². The summed E-state index contributed by atoms with van der Waals surface area (Å²) in [5.74, 6) is -1.19. The molecule has 31 heavy (non-hydrogen) atoms. The Bertz CT molecular complexity index is 1280. The predicted molar refractivity (Wildman–Crippen MR) is 115 cm³/mol. The standard InChI is InChI=1S/C24H16N2O4S/c1-13-18-21(28)23-16(20(27)22(18)30-26-13)12-17(31-23)24(29)25-19(14-8-4-2-5-9-14)15-10-6-3-7-11-15/h2-12,19H,1H3,(H,25,29). The molecule has 5 rings (SSSR count). The molecule has 1 amide bonds. The Kier molecular flexibility index (Phi) is 4.60. The van der Waals surface area contributed by atoms with Crippen molar-refractivity contribution in [3.8, 4) is 0 Å². The molecule has 0 saturated heterocycles. The number of carbonyl (C=O) groups is 3. The molecule has 1 aliphatic rings. The lowest BCUT2D eigenvalue weighted by atomic mass is 9.93. The van der Waals surface area contributed by atoms with E-state index >= 15 is 0 Å². The van der Waals surface area contributed by atoms with Gasteiger partial charge in [0, 0.05) is 5.56 Å². The number of carbonyl (C=O) groups excluding carboxylic acids is 3. The van der Waals surface area contributed by atoms with Crippen LogP contribution < -0.4 is 5.32 Å². The van der Waals surface area contributed by atoms with E-state index in [0.717, 1.165) is 22.5 Å². The highest BCUT2D eigenvalue weighted by Crippen LogP contribution is 2.35. The number of fused-ring (bicyclic) bond motifs is 2. The molecule has 2 aromatic heterocycles. The molecule has 0 radical (unpaired) electrons. The predicted octanol–water partition coefficient (Wildman–Crippen LogP) is 4.34. The average Bonchev–Trinajstić information content (AvgIpc) is 3.42. The van der Waals surface area contributed by atoms with Gasteiger partial charge in [-0.3, -0.25) is 14.4 Å². The number of thiophene rings is 1. The fraction of sp³-hybridized carbons (Fsp3) is 0.0833. The number of ketones is 2. The first-order valence-corrected chi connectivity index (χ1v) is 10.5. The fourth-order valence-electron chi connectivity index (χ4n) is 3.72. The van der Waals surface area contributed by atoms with E-state index in [1.54, 1.807) is 6.92 Å². The van der Waals surface area contributed by atoms with Crippen LogP contribution in [0.4, 0.5) is 0 Å². The van der Waals surface area contributed by atoms with Crippen LogP contribution in [0.1, 0.15) is 63.9 Å². The molecule has 6 nitrogen and oxygen atoms in total. The van der Waals surface area contributed by atoms with E-state index in [2.05, 4.69) is 10.5 Å². The van der Waals surface area contributed by atoms with Gasteiger partial charge in [-0.25, -0.2) is 0 Å². The first-order chi connectivity index (χ1) is 15.0. The molecular weight excluding hydrogens is 412 g/mol. The third kappa shape index (κ3) is 3.19. The van der Waals surface area contributed by atoms with Crippen molar-refractivity contribution < 1.29 is 18.9 Å². The zero-order chi connectivity index (χ0) is 21.5. The lowest BCUT2D eigenvalue weighted by molar-refractivity contribution is 0.0946. The van der Waals surface area contributed by atoms with Crippen LogP contribution in [0.3, 0.4) is 0 Å². The van der Waals surface area contributed by atoms with Gasteiger partial charge in [-0.1, -0.05) is 65.8 Å². The molecule has 2 aromatic carbocycles. The first-order valence-electron chi connectivity index (χ1n) is 9.65. The molecule has 152 valence electrons. The minimum atomic E-state index is -0.428. The number of amides is 1. The van der Waals surface area contributed by atoms with Crippen LogP contribution in [-0.2, 0) is 0 Å². The maximum absolute atomic E-state index is 13.2. The molecule has 4 aromatic rings. The van der Waals surface area contributed by atoms with Gasteiger partial charge in [0.05, 0.1) is 27.1 Å². The number of aromatic nitrogens is 1. The summed E-state index contributed by atoms with van der Waals surface area (Å²) in [4.78, 5) is 39.3. The smallest absolute Gasteiger partial charge is 0.262 e. The normalized spacial score (nSPS) is 12.6. The summed E-state index contributed by atoms with van der Waals surface area (Å²) in [6.07, 6.45) is 0. The van der Waals surface area contributed by atoms with Crippen molar-refractivity contribution in [2.75, 3.05) is 0 Å². The Morgan fingerprint density at radius 2 is 1.58 bits per heavy atom. The van der Waals surface area contributed by atoms with E-state index in [4.69, 9.17) is 4.52 Å². The van der Waals surface area contributed by atoms with Crippen LogP contribution >= 0.6 is 11.3 Å². The quantitative estimate of drug-likeness (QED) is 0.460. The minimum absolute atomic E-state index is 0.0637. The zero-order valence-corrected chi connectivity index (χ0v) is 17.2. The molecule has 2 heterocycles. The summed E-state index contributed by atoms with van der Waals surface area (Å²) in [5.41, 5.74) is 2.58. The molecule has 0 spiro atoms. The van der Waals surface area contributed by atoms with Gasteiger partial charge < -0.3 is 9.84 Å². The number of hydrogen-bond acceptors (Lipinski definition) is 6. The molecule has 7 heteroatoms. The monoisotopic (exact) mass is 428 g/mol. The van der Waals surface area contributed by atoms with E-state index in [-0.39, 0.29) is 39.5 Å². The number of nitrogens with one attached hydrogen (secondary N) is 1. The van der Waals surface area contributed by atoms with Crippen molar-refractivity contribution in [2.45, 2.75) is 13.0 Å². The minimum Gasteiger partial charge on any atom is -0.352 e. The van der Waals surface area contributed by atoms with E-state index < -0.39 is 5.78 Å². The Balaban J connectivity index is 1.49. The van der Waals surface area contributed by atoms with Crippen LogP contribution in [0, 0.1) is 6.92 Å². The van der Waals surface area contributed by atoms with E-state index in [1.165, 1.54) is 6.07 Å². The summed E-state index contributed by atoms with van der Waals surface area (Å²) < 4.78 is 5.06. The number of rotatable bonds is 4. The van der Waals surface area contributed by atoms with Crippen LogP contribution in [0.25, 0.3) is 0 Å².